The molecule has 0 saturated heterocycles. The summed E-state index contributed by atoms with van der Waals surface area (Å²) in [6, 6.07) is 0. The van der Waals surface area contributed by atoms with Crippen molar-refractivity contribution in [3.8, 4) is 0 Å². The molecule has 0 unspecified atom stereocenters. The fraction of sp³-hybridized carbons (Fsp3) is 0.824. The molecule has 122 valence electrons. The summed E-state index contributed by atoms with van der Waals surface area (Å²) in [4.78, 5) is 12.7. The van der Waals surface area contributed by atoms with Gasteiger partial charge in [0.25, 0.3) is 0 Å². The molecular formula is C17H26N2O2Se. The molecule has 5 heteroatoms. The first-order valence-corrected chi connectivity index (χ1v) is 10.2. The van der Waals surface area contributed by atoms with Crippen LogP contribution >= 0.6 is 0 Å². The van der Waals surface area contributed by atoms with Crippen molar-refractivity contribution >= 4 is 20.7 Å². The van der Waals surface area contributed by atoms with Crippen molar-refractivity contribution in [3.05, 3.63) is 10.1 Å². The number of rotatable bonds is 3. The summed E-state index contributed by atoms with van der Waals surface area (Å²) in [7, 11) is 0. The normalized spacial score (nSPS) is 31.8. The molecule has 1 heterocycles. The van der Waals surface area contributed by atoms with E-state index in [2.05, 4.69) is 30.0 Å². The number of hydrogen-bond acceptors (Lipinski definition) is 4. The van der Waals surface area contributed by atoms with E-state index in [1.807, 2.05) is 0 Å². The van der Waals surface area contributed by atoms with Gasteiger partial charge in [-0.25, -0.2) is 0 Å². The first-order chi connectivity index (χ1) is 10.6. The summed E-state index contributed by atoms with van der Waals surface area (Å²) >= 11 is 0.133. The molecule has 1 fully saturated rings. The number of aromatic nitrogens is 2. The van der Waals surface area contributed by atoms with Gasteiger partial charge in [0.2, 0.25) is 0 Å². The SMILES string of the molecule is CC(C)[C@@H]1CC[C@@H](C)C[C@H]1OC(=O)[C@H]1CCCc2[se]nnc21. The molecule has 1 aromatic rings. The van der Waals surface area contributed by atoms with Crippen LogP contribution in [0.4, 0.5) is 0 Å². The molecule has 2 aliphatic carbocycles. The third kappa shape index (κ3) is 3.30. The maximum atomic E-state index is 12.7. The van der Waals surface area contributed by atoms with E-state index in [1.165, 1.54) is 17.3 Å². The number of ether oxygens (including phenoxy) is 1. The van der Waals surface area contributed by atoms with Gasteiger partial charge in [-0.3, -0.25) is 0 Å². The summed E-state index contributed by atoms with van der Waals surface area (Å²) in [5, 5.41) is 4.25. The third-order valence-corrected chi connectivity index (χ3v) is 7.00. The average molecular weight is 369 g/mol. The Morgan fingerprint density at radius 2 is 2.14 bits per heavy atom. The number of carbonyl (C=O) groups is 1. The zero-order valence-corrected chi connectivity index (χ0v) is 15.5. The zero-order valence-electron chi connectivity index (χ0n) is 13.7. The summed E-state index contributed by atoms with van der Waals surface area (Å²) < 4.78 is 11.5. The molecular weight excluding hydrogens is 343 g/mol. The van der Waals surface area contributed by atoms with Crippen molar-refractivity contribution in [1.82, 2.24) is 9.19 Å². The number of fused-ring (bicyclic) bond motifs is 1. The molecule has 0 aliphatic heterocycles. The summed E-state index contributed by atoms with van der Waals surface area (Å²) in [6.45, 7) is 6.76. The molecule has 0 N–H and O–H groups in total. The van der Waals surface area contributed by atoms with Gasteiger partial charge < -0.3 is 0 Å². The summed E-state index contributed by atoms with van der Waals surface area (Å²) in [5.74, 6) is 1.53. The standard InChI is InChI=1S/C17H26N2O2Se/c1-10(2)12-8-7-11(3)9-14(12)21-17(20)13-5-4-6-15-16(13)18-19-22-15/h10-14H,4-9H2,1-3H3/t11-,12+,13+,14-/m1/s1. The van der Waals surface area contributed by atoms with Crippen LogP contribution in [0.5, 0.6) is 0 Å². The van der Waals surface area contributed by atoms with Gasteiger partial charge in [-0.1, -0.05) is 0 Å². The van der Waals surface area contributed by atoms with Crippen LogP contribution in [0.25, 0.3) is 0 Å². The van der Waals surface area contributed by atoms with Crippen molar-refractivity contribution in [2.75, 3.05) is 0 Å². The minimum atomic E-state index is -0.151. The summed E-state index contributed by atoms with van der Waals surface area (Å²) in [5.41, 5.74) is 0.946. The summed E-state index contributed by atoms with van der Waals surface area (Å²) in [6.07, 6.45) is 6.55. The fourth-order valence-electron chi connectivity index (χ4n) is 3.97. The predicted molar refractivity (Wildman–Crippen MR) is 85.9 cm³/mol. The van der Waals surface area contributed by atoms with E-state index in [0.717, 1.165) is 31.4 Å². The topological polar surface area (TPSA) is 52.1 Å². The van der Waals surface area contributed by atoms with Crippen LogP contribution in [-0.4, -0.2) is 36.0 Å². The van der Waals surface area contributed by atoms with Crippen molar-refractivity contribution in [3.63, 3.8) is 0 Å². The Morgan fingerprint density at radius 1 is 1.32 bits per heavy atom. The van der Waals surface area contributed by atoms with Gasteiger partial charge in [-0.05, 0) is 0 Å². The van der Waals surface area contributed by atoms with E-state index in [-0.39, 0.29) is 32.7 Å². The van der Waals surface area contributed by atoms with Gasteiger partial charge in [0.1, 0.15) is 0 Å². The molecule has 4 nitrogen and oxygen atoms in total. The van der Waals surface area contributed by atoms with Crippen molar-refractivity contribution in [2.45, 2.75) is 71.3 Å². The Balaban J connectivity index is 1.71. The first-order valence-electron chi connectivity index (χ1n) is 8.58. The maximum absolute atomic E-state index is 12.7. The fourth-order valence-corrected chi connectivity index (χ4v) is 5.52. The molecule has 22 heavy (non-hydrogen) atoms. The first kappa shape index (κ1) is 16.2. The van der Waals surface area contributed by atoms with Crippen molar-refractivity contribution in [1.29, 1.82) is 0 Å². The average Bonchev–Trinajstić information content (AvgIpc) is 2.95. The van der Waals surface area contributed by atoms with Crippen LogP contribution in [0, 0.1) is 17.8 Å². The van der Waals surface area contributed by atoms with Crippen LogP contribution in [0.2, 0.25) is 0 Å². The van der Waals surface area contributed by atoms with Crippen molar-refractivity contribution in [2.24, 2.45) is 17.8 Å². The quantitative estimate of drug-likeness (QED) is 0.607. The molecule has 0 aromatic carbocycles. The van der Waals surface area contributed by atoms with E-state index < -0.39 is 0 Å². The molecule has 3 rings (SSSR count). The van der Waals surface area contributed by atoms with Crippen molar-refractivity contribution < 1.29 is 9.53 Å². The Bertz CT molecular complexity index is 528. The van der Waals surface area contributed by atoms with E-state index >= 15 is 0 Å². The monoisotopic (exact) mass is 370 g/mol. The van der Waals surface area contributed by atoms with Gasteiger partial charge in [0.05, 0.1) is 0 Å². The molecule has 2 aliphatic rings. The van der Waals surface area contributed by atoms with Crippen LogP contribution < -0.4 is 0 Å². The van der Waals surface area contributed by atoms with Gasteiger partial charge in [-0.2, -0.15) is 0 Å². The number of aryl methyl sites for hydroxylation is 1. The minimum absolute atomic E-state index is 0.0476. The molecule has 0 bridgehead atoms. The van der Waals surface area contributed by atoms with E-state index in [9.17, 15) is 4.79 Å². The van der Waals surface area contributed by atoms with Gasteiger partial charge in [0, 0.05) is 0 Å². The second kappa shape index (κ2) is 6.84. The van der Waals surface area contributed by atoms with Gasteiger partial charge in [0.15, 0.2) is 0 Å². The van der Waals surface area contributed by atoms with Gasteiger partial charge in [-0.15, -0.1) is 0 Å². The second-order valence-corrected chi connectivity index (χ2v) is 9.09. The number of hydrogen-bond donors (Lipinski definition) is 0. The van der Waals surface area contributed by atoms with Crippen LogP contribution in [0.1, 0.15) is 68.9 Å². The van der Waals surface area contributed by atoms with E-state index in [1.54, 1.807) is 0 Å². The zero-order chi connectivity index (χ0) is 15.7. The number of carbonyl (C=O) groups excluding carboxylic acids is 1. The molecule has 0 amide bonds. The predicted octanol–water partition coefficient (Wildman–Crippen LogP) is 2.96. The number of nitrogens with zero attached hydrogens (tertiary/aromatic N) is 2. The Labute approximate surface area is 139 Å². The molecule has 4 atom stereocenters. The van der Waals surface area contributed by atoms with E-state index in [4.69, 9.17) is 4.74 Å². The number of esters is 1. The molecule has 1 saturated carbocycles. The van der Waals surface area contributed by atoms with Crippen LogP contribution in [-0.2, 0) is 16.0 Å². The van der Waals surface area contributed by atoms with E-state index in [0.29, 0.717) is 17.8 Å². The Kier molecular flexibility index (Phi) is 5.03. The van der Waals surface area contributed by atoms with Gasteiger partial charge >= 0.3 is 139 Å². The Hall–Kier alpha value is -0.671. The molecule has 1 aromatic heterocycles. The Morgan fingerprint density at radius 3 is 2.91 bits per heavy atom. The molecule has 0 radical (unpaired) electrons. The molecule has 0 spiro atoms. The van der Waals surface area contributed by atoms with Crippen LogP contribution in [0.3, 0.4) is 0 Å². The third-order valence-electron chi connectivity index (χ3n) is 5.33. The van der Waals surface area contributed by atoms with Crippen LogP contribution in [0.15, 0.2) is 0 Å². The second-order valence-electron chi connectivity index (χ2n) is 7.33.